The first-order valence-corrected chi connectivity index (χ1v) is 8.37. The molecule has 26 heavy (non-hydrogen) atoms. The second-order valence-electron chi connectivity index (χ2n) is 6.36. The van der Waals surface area contributed by atoms with Crippen molar-refractivity contribution >= 4 is 18.1 Å². The third-order valence-corrected chi connectivity index (χ3v) is 4.64. The average Bonchev–Trinajstić information content (AvgIpc) is 3.14. The third kappa shape index (κ3) is 4.83. The Labute approximate surface area is 157 Å². The summed E-state index contributed by atoms with van der Waals surface area (Å²) < 4.78 is 46.0. The van der Waals surface area contributed by atoms with Crippen molar-refractivity contribution in [2.45, 2.75) is 44.4 Å². The van der Waals surface area contributed by atoms with E-state index < -0.39 is 11.7 Å². The van der Waals surface area contributed by atoms with Crippen LogP contribution in [0.25, 0.3) is 0 Å². The van der Waals surface area contributed by atoms with Crippen LogP contribution in [0.1, 0.15) is 48.3 Å². The average molecular weight is 387 g/mol. The zero-order valence-electron chi connectivity index (χ0n) is 14.2. The number of nitrogens with two attached hydrogens (primary N) is 1. The smallest absolute Gasteiger partial charge is 0.416 e. The van der Waals surface area contributed by atoms with Gasteiger partial charge in [0, 0.05) is 5.69 Å². The summed E-state index contributed by atoms with van der Waals surface area (Å²) in [6.45, 7) is 0.0867. The first kappa shape index (κ1) is 20.4. The fourth-order valence-electron chi connectivity index (χ4n) is 3.35. The molecule has 3 nitrogen and oxygen atoms in total. The van der Waals surface area contributed by atoms with Crippen LogP contribution in [0.2, 0.25) is 0 Å². The summed E-state index contributed by atoms with van der Waals surface area (Å²) >= 11 is 0. The Morgan fingerprint density at radius 3 is 2.27 bits per heavy atom. The van der Waals surface area contributed by atoms with Gasteiger partial charge in [-0.1, -0.05) is 25.0 Å². The predicted molar refractivity (Wildman–Crippen MR) is 98.5 cm³/mol. The highest BCUT2D eigenvalue weighted by atomic mass is 35.5. The maximum Gasteiger partial charge on any atom is 0.416 e. The number of hydrazine groups is 1. The van der Waals surface area contributed by atoms with Crippen LogP contribution in [-0.2, 0) is 12.8 Å². The number of rotatable bonds is 5. The second kappa shape index (κ2) is 8.64. The van der Waals surface area contributed by atoms with Crippen molar-refractivity contribution in [3.63, 3.8) is 0 Å². The van der Waals surface area contributed by atoms with Crippen molar-refractivity contribution in [1.29, 1.82) is 0 Å². The minimum absolute atomic E-state index is 0. The highest BCUT2D eigenvalue weighted by molar-refractivity contribution is 5.85. The molecule has 0 bridgehead atoms. The number of nitrogen functional groups attached to an aromatic ring is 1. The van der Waals surface area contributed by atoms with Gasteiger partial charge in [-0.05, 0) is 60.2 Å². The predicted octanol–water partition coefficient (Wildman–Crippen LogP) is 5.65. The van der Waals surface area contributed by atoms with E-state index in [2.05, 4.69) is 5.43 Å². The molecule has 0 amide bonds. The van der Waals surface area contributed by atoms with Gasteiger partial charge in [-0.3, -0.25) is 5.84 Å². The summed E-state index contributed by atoms with van der Waals surface area (Å²) in [7, 11) is 0. The van der Waals surface area contributed by atoms with Crippen LogP contribution in [0.15, 0.2) is 42.5 Å². The SMILES string of the molecule is Cl.NNc1ccc(OCc2ccc(C3CCCC3)c(C(F)(F)F)c2)cc1. The summed E-state index contributed by atoms with van der Waals surface area (Å²) in [4.78, 5) is 0. The molecule has 0 unspecified atom stereocenters. The zero-order chi connectivity index (χ0) is 17.9. The normalized spacial score (nSPS) is 14.8. The van der Waals surface area contributed by atoms with Crippen molar-refractivity contribution in [2.24, 2.45) is 5.84 Å². The molecule has 1 aliphatic carbocycles. The molecule has 0 atom stereocenters. The first-order valence-electron chi connectivity index (χ1n) is 8.37. The number of halogens is 4. The Kier molecular flexibility index (Phi) is 6.78. The van der Waals surface area contributed by atoms with Crippen molar-refractivity contribution < 1.29 is 17.9 Å². The van der Waals surface area contributed by atoms with E-state index in [-0.39, 0.29) is 24.9 Å². The van der Waals surface area contributed by atoms with Crippen molar-refractivity contribution in [3.8, 4) is 5.75 Å². The van der Waals surface area contributed by atoms with E-state index in [0.717, 1.165) is 31.4 Å². The molecule has 0 spiro atoms. The Morgan fingerprint density at radius 2 is 1.69 bits per heavy atom. The second-order valence-corrected chi connectivity index (χ2v) is 6.36. The minimum atomic E-state index is -4.34. The van der Waals surface area contributed by atoms with E-state index in [0.29, 0.717) is 16.9 Å². The van der Waals surface area contributed by atoms with Crippen LogP contribution in [0.4, 0.5) is 18.9 Å². The zero-order valence-corrected chi connectivity index (χ0v) is 15.0. The molecular formula is C19H22ClF3N2O. The topological polar surface area (TPSA) is 47.3 Å². The summed E-state index contributed by atoms with van der Waals surface area (Å²) in [6, 6.07) is 11.5. The van der Waals surface area contributed by atoms with Gasteiger partial charge in [0.2, 0.25) is 0 Å². The fraction of sp³-hybridized carbons (Fsp3) is 0.368. The Hall–Kier alpha value is -1.92. The van der Waals surface area contributed by atoms with E-state index in [1.54, 1.807) is 36.4 Å². The van der Waals surface area contributed by atoms with E-state index in [1.165, 1.54) is 6.07 Å². The first-order chi connectivity index (χ1) is 12.0. The number of alkyl halides is 3. The number of benzene rings is 2. The van der Waals surface area contributed by atoms with Gasteiger partial charge in [-0.15, -0.1) is 12.4 Å². The van der Waals surface area contributed by atoms with Gasteiger partial charge in [0.05, 0.1) is 5.56 Å². The van der Waals surface area contributed by atoms with Crippen LogP contribution in [0.5, 0.6) is 5.75 Å². The van der Waals surface area contributed by atoms with Crippen LogP contribution < -0.4 is 16.0 Å². The molecule has 3 rings (SSSR count). The maximum atomic E-state index is 13.5. The highest BCUT2D eigenvalue weighted by Gasteiger charge is 2.36. The Bertz CT molecular complexity index is 714. The molecule has 0 heterocycles. The molecule has 0 saturated heterocycles. The molecule has 7 heteroatoms. The highest BCUT2D eigenvalue weighted by Crippen LogP contribution is 2.41. The van der Waals surface area contributed by atoms with Gasteiger partial charge < -0.3 is 10.2 Å². The Balaban J connectivity index is 0.00000243. The van der Waals surface area contributed by atoms with Crippen molar-refractivity contribution in [3.05, 3.63) is 59.2 Å². The van der Waals surface area contributed by atoms with Gasteiger partial charge in [-0.25, -0.2) is 0 Å². The van der Waals surface area contributed by atoms with Crippen molar-refractivity contribution in [2.75, 3.05) is 5.43 Å². The Morgan fingerprint density at radius 1 is 1.04 bits per heavy atom. The lowest BCUT2D eigenvalue weighted by Crippen LogP contribution is -2.12. The quantitative estimate of drug-likeness (QED) is 0.515. The van der Waals surface area contributed by atoms with Gasteiger partial charge in [0.1, 0.15) is 12.4 Å². The standard InChI is InChI=1S/C19H21F3N2O.ClH/c20-19(21,22)18-11-13(5-10-17(18)14-3-1-2-4-14)12-25-16-8-6-15(24-23)7-9-16;/h5-11,14,24H,1-4,12,23H2;1H. The fourth-order valence-corrected chi connectivity index (χ4v) is 3.35. The third-order valence-electron chi connectivity index (χ3n) is 4.64. The number of ether oxygens (including phenoxy) is 1. The number of hydrogen-bond acceptors (Lipinski definition) is 3. The van der Waals surface area contributed by atoms with Gasteiger partial charge in [-0.2, -0.15) is 13.2 Å². The molecule has 142 valence electrons. The van der Waals surface area contributed by atoms with E-state index >= 15 is 0 Å². The summed E-state index contributed by atoms with van der Waals surface area (Å²) in [5, 5.41) is 0. The van der Waals surface area contributed by atoms with E-state index in [1.807, 2.05) is 0 Å². The molecule has 1 saturated carbocycles. The van der Waals surface area contributed by atoms with Crippen LogP contribution >= 0.6 is 12.4 Å². The lowest BCUT2D eigenvalue weighted by Gasteiger charge is -2.19. The van der Waals surface area contributed by atoms with Gasteiger partial charge >= 0.3 is 6.18 Å². The molecule has 3 N–H and O–H groups in total. The molecule has 2 aromatic rings. The molecule has 0 aromatic heterocycles. The lowest BCUT2D eigenvalue weighted by atomic mass is 9.91. The van der Waals surface area contributed by atoms with Crippen LogP contribution in [-0.4, -0.2) is 0 Å². The summed E-state index contributed by atoms with van der Waals surface area (Å²) in [5.74, 6) is 5.88. The minimum Gasteiger partial charge on any atom is -0.489 e. The van der Waals surface area contributed by atoms with Gasteiger partial charge in [0.25, 0.3) is 0 Å². The van der Waals surface area contributed by atoms with Gasteiger partial charge in [0.15, 0.2) is 0 Å². The summed E-state index contributed by atoms with van der Waals surface area (Å²) in [5.41, 5.74) is 3.64. The number of hydrogen-bond donors (Lipinski definition) is 2. The molecule has 0 radical (unpaired) electrons. The molecule has 1 aliphatic rings. The van der Waals surface area contributed by atoms with E-state index in [9.17, 15) is 13.2 Å². The largest absolute Gasteiger partial charge is 0.489 e. The number of nitrogens with one attached hydrogen (secondary N) is 1. The lowest BCUT2D eigenvalue weighted by molar-refractivity contribution is -0.138. The summed E-state index contributed by atoms with van der Waals surface area (Å²) in [6.07, 6.45) is -0.676. The molecule has 0 aliphatic heterocycles. The number of anilines is 1. The molecular weight excluding hydrogens is 365 g/mol. The van der Waals surface area contributed by atoms with E-state index in [4.69, 9.17) is 10.6 Å². The molecule has 1 fully saturated rings. The monoisotopic (exact) mass is 386 g/mol. The van der Waals surface area contributed by atoms with Crippen molar-refractivity contribution in [1.82, 2.24) is 0 Å². The van der Waals surface area contributed by atoms with Crippen LogP contribution in [0, 0.1) is 0 Å². The molecule has 2 aromatic carbocycles. The maximum absolute atomic E-state index is 13.5. The van der Waals surface area contributed by atoms with Crippen LogP contribution in [0.3, 0.4) is 0 Å².